The average molecular weight is 323 g/mol. The number of hydrogen-bond acceptors (Lipinski definition) is 2. The van der Waals surface area contributed by atoms with Crippen LogP contribution in [0.3, 0.4) is 0 Å². The molecule has 2 fully saturated rings. The van der Waals surface area contributed by atoms with E-state index in [0.29, 0.717) is 31.4 Å². The van der Waals surface area contributed by atoms with Gasteiger partial charge in [-0.1, -0.05) is 19.8 Å². The van der Waals surface area contributed by atoms with E-state index in [1.807, 2.05) is 0 Å². The third kappa shape index (κ3) is 3.67. The van der Waals surface area contributed by atoms with E-state index in [-0.39, 0.29) is 6.04 Å². The van der Waals surface area contributed by atoms with Gasteiger partial charge in [-0.2, -0.15) is 17.0 Å². The van der Waals surface area contributed by atoms with Gasteiger partial charge in [-0.25, -0.2) is 0 Å². The molecule has 4 nitrogen and oxygen atoms in total. The van der Waals surface area contributed by atoms with E-state index in [0.717, 1.165) is 44.9 Å². The zero-order valence-electron chi connectivity index (χ0n) is 12.4. The van der Waals surface area contributed by atoms with Crippen LogP contribution in [-0.2, 0) is 10.2 Å². The van der Waals surface area contributed by atoms with Crippen molar-refractivity contribution >= 4 is 21.8 Å². The van der Waals surface area contributed by atoms with Crippen molar-refractivity contribution in [2.45, 2.75) is 57.9 Å². The van der Waals surface area contributed by atoms with E-state index in [1.165, 1.54) is 0 Å². The van der Waals surface area contributed by atoms with Crippen molar-refractivity contribution in [2.75, 3.05) is 25.5 Å². The Morgan fingerprint density at radius 3 is 2.65 bits per heavy atom. The zero-order chi connectivity index (χ0) is 14.6. The van der Waals surface area contributed by atoms with Gasteiger partial charge in [0.2, 0.25) is 0 Å². The van der Waals surface area contributed by atoms with Crippen molar-refractivity contribution < 1.29 is 8.42 Å². The molecule has 0 aromatic rings. The summed E-state index contributed by atoms with van der Waals surface area (Å²) in [6.45, 7) is 4.07. The lowest BCUT2D eigenvalue weighted by atomic mass is 10.0. The smallest absolute Gasteiger partial charge is 0.195 e. The molecule has 2 unspecified atom stereocenters. The van der Waals surface area contributed by atoms with Gasteiger partial charge in [0.05, 0.1) is 0 Å². The topological polar surface area (TPSA) is 40.6 Å². The van der Waals surface area contributed by atoms with Crippen LogP contribution in [0.2, 0.25) is 0 Å². The fourth-order valence-electron chi connectivity index (χ4n) is 3.41. The molecule has 6 heteroatoms. The monoisotopic (exact) mass is 322 g/mol. The van der Waals surface area contributed by atoms with Crippen molar-refractivity contribution in [1.82, 2.24) is 8.61 Å². The van der Waals surface area contributed by atoms with Gasteiger partial charge in [-0.3, -0.25) is 0 Å². The van der Waals surface area contributed by atoms with E-state index >= 15 is 0 Å². The lowest BCUT2D eigenvalue weighted by molar-refractivity contribution is 0.203. The van der Waals surface area contributed by atoms with Crippen LogP contribution in [0.15, 0.2) is 0 Å². The summed E-state index contributed by atoms with van der Waals surface area (Å²) < 4.78 is 29.2. The van der Waals surface area contributed by atoms with Gasteiger partial charge in [-0.15, -0.1) is 11.6 Å². The molecule has 2 heterocycles. The van der Waals surface area contributed by atoms with Crippen LogP contribution in [0.25, 0.3) is 0 Å². The third-order valence-corrected chi connectivity index (χ3v) is 7.01. The Bertz CT molecular complexity index is 400. The Balaban J connectivity index is 2.10. The van der Waals surface area contributed by atoms with Crippen LogP contribution < -0.4 is 0 Å². The molecule has 0 aromatic heterocycles. The summed E-state index contributed by atoms with van der Waals surface area (Å²) in [5.41, 5.74) is 0. The largest absolute Gasteiger partial charge is 0.282 e. The minimum Gasteiger partial charge on any atom is -0.195 e. The summed E-state index contributed by atoms with van der Waals surface area (Å²) in [7, 11) is -3.29. The lowest BCUT2D eigenvalue weighted by Gasteiger charge is -2.40. The molecular formula is C14H27ClN2O2S. The minimum absolute atomic E-state index is 0.204. The summed E-state index contributed by atoms with van der Waals surface area (Å²) >= 11 is 5.92. The Labute approximate surface area is 128 Å². The molecule has 0 amide bonds. The maximum atomic E-state index is 12.9. The van der Waals surface area contributed by atoms with Crippen molar-refractivity contribution in [2.24, 2.45) is 5.92 Å². The number of rotatable bonds is 5. The van der Waals surface area contributed by atoms with Gasteiger partial charge in [0.25, 0.3) is 10.2 Å². The fraction of sp³-hybridized carbons (Fsp3) is 1.00. The van der Waals surface area contributed by atoms with E-state index < -0.39 is 10.2 Å². The highest BCUT2D eigenvalue weighted by atomic mass is 35.5. The molecule has 20 heavy (non-hydrogen) atoms. The van der Waals surface area contributed by atoms with Crippen molar-refractivity contribution in [1.29, 1.82) is 0 Å². The van der Waals surface area contributed by atoms with E-state index in [1.54, 1.807) is 8.61 Å². The van der Waals surface area contributed by atoms with E-state index in [2.05, 4.69) is 6.92 Å². The standard InChI is InChI=1S/C14H27ClN2O2S/c1-2-6-14-8-3-4-10-17(14)20(18,19)16-9-5-7-13(11-15)12-16/h13-14H,2-12H2,1H3. The van der Waals surface area contributed by atoms with E-state index in [9.17, 15) is 8.42 Å². The predicted molar refractivity (Wildman–Crippen MR) is 83.2 cm³/mol. The second-order valence-corrected chi connectivity index (χ2v) is 8.27. The quantitative estimate of drug-likeness (QED) is 0.730. The molecule has 0 bridgehead atoms. The lowest BCUT2D eigenvalue weighted by Crippen LogP contribution is -2.53. The number of halogens is 1. The highest BCUT2D eigenvalue weighted by Crippen LogP contribution is 2.28. The van der Waals surface area contributed by atoms with E-state index in [4.69, 9.17) is 11.6 Å². The fourth-order valence-corrected chi connectivity index (χ4v) is 5.67. The highest BCUT2D eigenvalue weighted by Gasteiger charge is 2.37. The van der Waals surface area contributed by atoms with Crippen molar-refractivity contribution in [3.63, 3.8) is 0 Å². The normalized spacial score (nSPS) is 30.5. The molecule has 0 aliphatic carbocycles. The van der Waals surface area contributed by atoms with Gasteiger partial charge in [0.15, 0.2) is 0 Å². The molecule has 0 N–H and O–H groups in total. The molecule has 0 aromatic carbocycles. The molecule has 0 radical (unpaired) electrons. The summed E-state index contributed by atoms with van der Waals surface area (Å²) in [5, 5.41) is 0. The predicted octanol–water partition coefficient (Wildman–Crippen LogP) is 2.84. The molecule has 0 saturated carbocycles. The van der Waals surface area contributed by atoms with Crippen LogP contribution in [0, 0.1) is 5.92 Å². The Kier molecular flexibility index (Phi) is 6.14. The molecule has 2 aliphatic heterocycles. The Morgan fingerprint density at radius 1 is 1.15 bits per heavy atom. The number of alkyl halides is 1. The van der Waals surface area contributed by atoms with Crippen LogP contribution in [0.1, 0.15) is 51.9 Å². The Hall–Kier alpha value is 0.160. The van der Waals surface area contributed by atoms with Crippen LogP contribution in [-0.4, -0.2) is 48.6 Å². The first-order valence-electron chi connectivity index (χ1n) is 7.92. The molecular weight excluding hydrogens is 296 g/mol. The third-order valence-electron chi connectivity index (χ3n) is 4.52. The number of hydrogen-bond donors (Lipinski definition) is 0. The number of nitrogens with zero attached hydrogens (tertiary/aromatic N) is 2. The molecule has 118 valence electrons. The first-order chi connectivity index (χ1) is 9.59. The highest BCUT2D eigenvalue weighted by molar-refractivity contribution is 7.86. The first-order valence-corrected chi connectivity index (χ1v) is 9.85. The second-order valence-electron chi connectivity index (χ2n) is 6.08. The zero-order valence-corrected chi connectivity index (χ0v) is 14.0. The molecule has 2 rings (SSSR count). The SMILES string of the molecule is CCCC1CCCCN1S(=O)(=O)N1CCCC(CCl)C1. The van der Waals surface area contributed by atoms with Crippen molar-refractivity contribution in [3.8, 4) is 0 Å². The second kappa shape index (κ2) is 7.43. The number of piperidine rings is 2. The summed E-state index contributed by atoms with van der Waals surface area (Å²) in [4.78, 5) is 0. The van der Waals surface area contributed by atoms with Gasteiger partial charge in [0, 0.05) is 31.6 Å². The van der Waals surface area contributed by atoms with Crippen LogP contribution in [0.4, 0.5) is 0 Å². The Morgan fingerprint density at radius 2 is 1.95 bits per heavy atom. The minimum atomic E-state index is -3.29. The first kappa shape index (κ1) is 16.5. The van der Waals surface area contributed by atoms with Crippen LogP contribution >= 0.6 is 11.6 Å². The van der Waals surface area contributed by atoms with Gasteiger partial charge in [-0.05, 0) is 38.0 Å². The summed E-state index contributed by atoms with van der Waals surface area (Å²) in [6, 6.07) is 0.204. The average Bonchev–Trinajstić information content (AvgIpc) is 2.48. The maximum Gasteiger partial charge on any atom is 0.282 e. The van der Waals surface area contributed by atoms with Gasteiger partial charge in [0.1, 0.15) is 0 Å². The van der Waals surface area contributed by atoms with Crippen LogP contribution in [0.5, 0.6) is 0 Å². The van der Waals surface area contributed by atoms with Crippen molar-refractivity contribution in [3.05, 3.63) is 0 Å². The molecule has 2 atom stereocenters. The molecule has 2 aliphatic rings. The molecule has 2 saturated heterocycles. The van der Waals surface area contributed by atoms with Gasteiger partial charge < -0.3 is 0 Å². The maximum absolute atomic E-state index is 12.9. The summed E-state index contributed by atoms with van der Waals surface area (Å²) in [6.07, 6.45) is 7.16. The van der Waals surface area contributed by atoms with Gasteiger partial charge >= 0.3 is 0 Å². The summed E-state index contributed by atoms with van der Waals surface area (Å²) in [5.74, 6) is 0.874. The molecule has 0 spiro atoms.